The third kappa shape index (κ3) is 6.85. The van der Waals surface area contributed by atoms with Crippen molar-refractivity contribution in [2.75, 3.05) is 29.5 Å². The lowest BCUT2D eigenvalue weighted by Gasteiger charge is -2.30. The number of aromatic nitrogens is 1. The van der Waals surface area contributed by atoms with E-state index in [0.717, 1.165) is 41.8 Å². The Kier molecular flexibility index (Phi) is 13.8. The third-order valence-corrected chi connectivity index (χ3v) is 5.65. The minimum Gasteiger partial charge on any atom is -0.354 e. The van der Waals surface area contributed by atoms with Crippen LogP contribution >= 0.6 is 0 Å². The molecule has 2 aromatic rings. The Hall–Kier alpha value is -1.46. The van der Waals surface area contributed by atoms with Gasteiger partial charge in [-0.15, -0.1) is 0 Å². The van der Waals surface area contributed by atoms with E-state index in [1.54, 1.807) is 0 Å². The van der Waals surface area contributed by atoms with Crippen LogP contribution in [0.4, 0.5) is 5.82 Å². The fourth-order valence-electron chi connectivity index (χ4n) is 2.95. The van der Waals surface area contributed by atoms with E-state index in [4.69, 9.17) is 10.7 Å². The molecule has 1 aromatic carbocycles. The molecular weight excluding hydrogens is 366 g/mol. The number of rotatable bonds is 3. The number of hydrogen-bond donors (Lipinski definition) is 1. The van der Waals surface area contributed by atoms with E-state index in [2.05, 4.69) is 43.0 Å². The van der Waals surface area contributed by atoms with Gasteiger partial charge in [-0.3, -0.25) is 4.21 Å². The Morgan fingerprint density at radius 1 is 1.11 bits per heavy atom. The van der Waals surface area contributed by atoms with Crippen LogP contribution in [0.5, 0.6) is 0 Å². The van der Waals surface area contributed by atoms with Crippen molar-refractivity contribution in [2.45, 2.75) is 67.9 Å². The van der Waals surface area contributed by atoms with Crippen LogP contribution < -0.4 is 10.6 Å². The summed E-state index contributed by atoms with van der Waals surface area (Å²) in [5.74, 6) is 2.41. The summed E-state index contributed by atoms with van der Waals surface area (Å²) in [6.07, 6.45) is 0.881. The molecule has 1 saturated heterocycles. The lowest BCUT2D eigenvalue weighted by Crippen LogP contribution is -2.39. The minimum absolute atomic E-state index is 0.0140. The van der Waals surface area contributed by atoms with Gasteiger partial charge in [-0.05, 0) is 25.0 Å². The molecule has 1 aromatic heterocycles. The molecule has 2 N–H and O–H groups in total. The van der Waals surface area contributed by atoms with Gasteiger partial charge in [0.25, 0.3) is 0 Å². The van der Waals surface area contributed by atoms with Gasteiger partial charge in [0.05, 0.1) is 5.52 Å². The van der Waals surface area contributed by atoms with E-state index in [1.165, 1.54) is 5.56 Å². The van der Waals surface area contributed by atoms with Gasteiger partial charge < -0.3 is 10.6 Å². The molecule has 0 saturated carbocycles. The fourth-order valence-corrected chi connectivity index (χ4v) is 4.00. The van der Waals surface area contributed by atoms with E-state index in [9.17, 15) is 4.21 Å². The minimum atomic E-state index is -0.686. The summed E-state index contributed by atoms with van der Waals surface area (Å²) in [4.78, 5) is 7.19. The number of nitrogens with zero attached hydrogens (tertiary/aromatic N) is 2. The van der Waals surface area contributed by atoms with Crippen molar-refractivity contribution < 1.29 is 4.21 Å². The molecular formula is C23H41N3OS. The summed E-state index contributed by atoms with van der Waals surface area (Å²) in [5.41, 5.74) is 9.65. The Morgan fingerprint density at radius 2 is 1.68 bits per heavy atom. The molecule has 0 amide bonds. The van der Waals surface area contributed by atoms with Crippen molar-refractivity contribution in [3.8, 4) is 0 Å². The van der Waals surface area contributed by atoms with Crippen LogP contribution in [0.3, 0.4) is 0 Å². The molecule has 4 nitrogen and oxygen atoms in total. The summed E-state index contributed by atoms with van der Waals surface area (Å²) < 4.78 is 11.6. The summed E-state index contributed by atoms with van der Waals surface area (Å²) >= 11 is 0. The Balaban J connectivity index is 0.00000111. The number of benzene rings is 1. The highest BCUT2D eigenvalue weighted by Gasteiger charge is 2.22. The van der Waals surface area contributed by atoms with Crippen LogP contribution in [-0.4, -0.2) is 33.8 Å². The van der Waals surface area contributed by atoms with Crippen LogP contribution in [0.15, 0.2) is 24.3 Å². The number of aryl methyl sites for hydroxylation is 1. The zero-order chi connectivity index (χ0) is 21.7. The SMILES string of the molecule is CC.CC.CC.CCC(N)c1cc2cccc(C)c2nc1N1CCS(=O)CC1. The predicted molar refractivity (Wildman–Crippen MR) is 128 cm³/mol. The molecule has 2 heterocycles. The first kappa shape index (κ1) is 26.5. The first-order valence-electron chi connectivity index (χ1n) is 10.9. The molecule has 5 heteroatoms. The van der Waals surface area contributed by atoms with Crippen molar-refractivity contribution in [3.05, 3.63) is 35.4 Å². The molecule has 28 heavy (non-hydrogen) atoms. The second kappa shape index (κ2) is 14.5. The zero-order valence-electron chi connectivity index (χ0n) is 19.2. The average Bonchev–Trinajstić information content (AvgIpc) is 2.77. The number of para-hydroxylation sites is 1. The molecule has 0 radical (unpaired) electrons. The number of nitrogens with two attached hydrogens (primary N) is 1. The van der Waals surface area contributed by atoms with Crippen LogP contribution in [-0.2, 0) is 10.8 Å². The van der Waals surface area contributed by atoms with Gasteiger partial charge in [0, 0.05) is 52.4 Å². The van der Waals surface area contributed by atoms with Crippen molar-refractivity contribution in [3.63, 3.8) is 0 Å². The Morgan fingerprint density at radius 3 is 2.21 bits per heavy atom. The average molecular weight is 408 g/mol. The molecule has 0 aliphatic carbocycles. The van der Waals surface area contributed by atoms with Crippen molar-refractivity contribution in [1.29, 1.82) is 0 Å². The molecule has 3 rings (SSSR count). The lowest BCUT2D eigenvalue weighted by molar-refractivity contribution is 0.666. The number of anilines is 1. The molecule has 1 unspecified atom stereocenters. The first-order chi connectivity index (χ1) is 13.6. The van der Waals surface area contributed by atoms with E-state index < -0.39 is 10.8 Å². The van der Waals surface area contributed by atoms with Gasteiger partial charge in [0.1, 0.15) is 5.82 Å². The maximum absolute atomic E-state index is 11.6. The smallest absolute Gasteiger partial charge is 0.134 e. The number of hydrogen-bond acceptors (Lipinski definition) is 4. The van der Waals surface area contributed by atoms with Gasteiger partial charge in [-0.2, -0.15) is 0 Å². The highest BCUT2D eigenvalue weighted by Crippen LogP contribution is 2.30. The molecule has 1 aliphatic heterocycles. The van der Waals surface area contributed by atoms with Crippen molar-refractivity contribution >= 4 is 27.5 Å². The van der Waals surface area contributed by atoms with Crippen LogP contribution in [0.1, 0.15) is 72.1 Å². The molecule has 0 bridgehead atoms. The summed E-state index contributed by atoms with van der Waals surface area (Å²) in [5, 5.41) is 1.14. The highest BCUT2D eigenvalue weighted by atomic mass is 32.2. The van der Waals surface area contributed by atoms with Crippen molar-refractivity contribution in [2.24, 2.45) is 5.73 Å². The van der Waals surface area contributed by atoms with Gasteiger partial charge >= 0.3 is 0 Å². The van der Waals surface area contributed by atoms with Gasteiger partial charge in [0.15, 0.2) is 0 Å². The summed E-state index contributed by atoms with van der Waals surface area (Å²) in [6, 6.07) is 8.41. The third-order valence-electron chi connectivity index (χ3n) is 4.37. The largest absolute Gasteiger partial charge is 0.354 e. The first-order valence-corrected chi connectivity index (χ1v) is 12.3. The molecule has 0 spiro atoms. The zero-order valence-corrected chi connectivity index (χ0v) is 20.0. The number of fused-ring (bicyclic) bond motifs is 1. The molecule has 160 valence electrons. The molecule has 1 atom stereocenters. The van der Waals surface area contributed by atoms with E-state index >= 15 is 0 Å². The van der Waals surface area contributed by atoms with Crippen molar-refractivity contribution in [1.82, 2.24) is 4.98 Å². The second-order valence-corrected chi connectivity index (χ2v) is 7.59. The van der Waals surface area contributed by atoms with Gasteiger partial charge in [0.2, 0.25) is 0 Å². The molecule has 1 aliphatic rings. The Labute approximate surface area is 175 Å². The fraction of sp³-hybridized carbons (Fsp3) is 0.609. The molecule has 1 fully saturated rings. The van der Waals surface area contributed by atoms with E-state index in [0.29, 0.717) is 11.5 Å². The van der Waals surface area contributed by atoms with Gasteiger partial charge in [-0.25, -0.2) is 4.98 Å². The van der Waals surface area contributed by atoms with Crippen LogP contribution in [0.25, 0.3) is 10.9 Å². The lowest BCUT2D eigenvalue weighted by atomic mass is 10.0. The monoisotopic (exact) mass is 407 g/mol. The Bertz CT molecular complexity index is 708. The van der Waals surface area contributed by atoms with Gasteiger partial charge in [-0.1, -0.05) is 66.7 Å². The normalized spacial score (nSPS) is 14.7. The van der Waals surface area contributed by atoms with Crippen LogP contribution in [0, 0.1) is 6.92 Å². The van der Waals surface area contributed by atoms with E-state index in [-0.39, 0.29) is 6.04 Å². The second-order valence-electron chi connectivity index (χ2n) is 5.90. The van der Waals surface area contributed by atoms with E-state index in [1.807, 2.05) is 41.5 Å². The summed E-state index contributed by atoms with van der Waals surface area (Å²) in [6.45, 7) is 17.8. The number of pyridine rings is 1. The highest BCUT2D eigenvalue weighted by molar-refractivity contribution is 7.85. The standard InChI is InChI=1S/C17H23N3OS.3C2H6/c1-3-15(18)14-11-13-6-4-5-12(2)16(13)19-17(14)20-7-9-22(21)10-8-20;3*1-2/h4-6,11,15H,3,7-10,18H2,1-2H3;3*1-2H3. The summed E-state index contributed by atoms with van der Waals surface area (Å²) in [7, 11) is -0.686. The van der Waals surface area contributed by atoms with Crippen LogP contribution in [0.2, 0.25) is 0 Å². The maximum Gasteiger partial charge on any atom is 0.134 e. The topological polar surface area (TPSA) is 59.2 Å². The predicted octanol–water partition coefficient (Wildman–Crippen LogP) is 5.60. The maximum atomic E-state index is 11.6. The quantitative estimate of drug-likeness (QED) is 0.719.